The van der Waals surface area contributed by atoms with E-state index in [0.717, 1.165) is 10.9 Å². The molecule has 1 aromatic heterocycles. The third-order valence-corrected chi connectivity index (χ3v) is 3.84. The fraction of sp³-hybridized carbons (Fsp3) is 0.333. The Morgan fingerprint density at radius 3 is 2.81 bits per heavy atom. The predicted octanol–water partition coefficient (Wildman–Crippen LogP) is 2.38. The van der Waals surface area contributed by atoms with E-state index in [1.807, 2.05) is 25.1 Å². The number of benzene rings is 1. The van der Waals surface area contributed by atoms with E-state index in [-0.39, 0.29) is 18.7 Å². The summed E-state index contributed by atoms with van der Waals surface area (Å²) in [5.41, 5.74) is -0.847. The monoisotopic (exact) mass is 291 g/mol. The summed E-state index contributed by atoms with van der Waals surface area (Å²) in [4.78, 5) is 24.4. The minimum Gasteiger partial charge on any atom is -0.479 e. The first-order valence-corrected chi connectivity index (χ1v) is 6.61. The molecule has 1 fully saturated rings. The molecule has 1 atom stereocenters. The lowest BCUT2D eigenvalue weighted by Crippen LogP contribution is -2.38. The lowest BCUT2D eigenvalue weighted by molar-refractivity contribution is -0.149. The molecule has 3 rings (SSSR count). The van der Waals surface area contributed by atoms with Crippen molar-refractivity contribution in [1.82, 2.24) is 4.90 Å². The zero-order valence-electron chi connectivity index (χ0n) is 11.4. The third-order valence-electron chi connectivity index (χ3n) is 3.84. The van der Waals surface area contributed by atoms with Crippen molar-refractivity contribution in [2.45, 2.75) is 19.0 Å². The van der Waals surface area contributed by atoms with Crippen molar-refractivity contribution in [3.63, 3.8) is 0 Å². The van der Waals surface area contributed by atoms with Gasteiger partial charge in [0.25, 0.3) is 5.91 Å². The van der Waals surface area contributed by atoms with E-state index in [4.69, 9.17) is 9.52 Å². The van der Waals surface area contributed by atoms with Crippen molar-refractivity contribution in [2.24, 2.45) is 0 Å². The molecule has 21 heavy (non-hydrogen) atoms. The van der Waals surface area contributed by atoms with Crippen LogP contribution in [-0.4, -0.2) is 40.6 Å². The van der Waals surface area contributed by atoms with E-state index in [1.54, 1.807) is 6.07 Å². The van der Waals surface area contributed by atoms with Crippen molar-refractivity contribution in [1.29, 1.82) is 0 Å². The number of carboxylic acids is 1. The van der Waals surface area contributed by atoms with Gasteiger partial charge < -0.3 is 14.4 Å². The first-order valence-electron chi connectivity index (χ1n) is 6.61. The molecule has 1 aliphatic heterocycles. The van der Waals surface area contributed by atoms with Gasteiger partial charge in [0.05, 0.1) is 6.54 Å². The quantitative estimate of drug-likeness (QED) is 0.922. The molecular weight excluding hydrogens is 277 g/mol. The Kier molecular flexibility index (Phi) is 2.97. The van der Waals surface area contributed by atoms with Crippen LogP contribution in [0.3, 0.4) is 0 Å². The van der Waals surface area contributed by atoms with Crippen LogP contribution in [0.25, 0.3) is 11.0 Å². The van der Waals surface area contributed by atoms with Gasteiger partial charge in [0.1, 0.15) is 5.58 Å². The highest BCUT2D eigenvalue weighted by atomic mass is 19.1. The van der Waals surface area contributed by atoms with Crippen LogP contribution in [0, 0.1) is 6.92 Å². The van der Waals surface area contributed by atoms with Crippen molar-refractivity contribution in [3.8, 4) is 0 Å². The number of carbonyl (C=O) groups is 2. The predicted molar refractivity (Wildman–Crippen MR) is 72.9 cm³/mol. The molecule has 110 valence electrons. The Morgan fingerprint density at radius 2 is 2.19 bits per heavy atom. The van der Waals surface area contributed by atoms with Crippen molar-refractivity contribution >= 4 is 22.8 Å². The zero-order chi connectivity index (χ0) is 15.2. The molecule has 1 saturated heterocycles. The van der Waals surface area contributed by atoms with Crippen LogP contribution in [0.5, 0.6) is 0 Å². The minimum atomic E-state index is -2.36. The topological polar surface area (TPSA) is 70.8 Å². The molecule has 0 saturated carbocycles. The number of rotatable bonds is 2. The van der Waals surface area contributed by atoms with Crippen molar-refractivity contribution in [3.05, 3.63) is 35.6 Å². The maximum Gasteiger partial charge on any atom is 0.343 e. The number of carbonyl (C=O) groups excluding carboxylic acids is 1. The summed E-state index contributed by atoms with van der Waals surface area (Å²) in [5.74, 6) is -1.90. The summed E-state index contributed by atoms with van der Waals surface area (Å²) >= 11 is 0. The standard InChI is InChI=1S/C15H14FNO4/c1-9-3-2-4-10-7-11(21-12(9)10)13(18)17-6-5-15(16,8-17)14(19)20/h2-4,7H,5-6,8H2,1H3,(H,19,20)/t15-/m0/s1. The SMILES string of the molecule is Cc1cccc2cc(C(=O)N3CC[C@@](F)(C(=O)O)C3)oc12. The number of para-hydroxylation sites is 1. The van der Waals surface area contributed by atoms with Crippen molar-refractivity contribution in [2.75, 3.05) is 13.1 Å². The highest BCUT2D eigenvalue weighted by Gasteiger charge is 2.47. The van der Waals surface area contributed by atoms with Crippen molar-refractivity contribution < 1.29 is 23.5 Å². The molecule has 2 heterocycles. The van der Waals surface area contributed by atoms with Gasteiger partial charge in [-0.3, -0.25) is 4.79 Å². The number of hydrogen-bond acceptors (Lipinski definition) is 3. The van der Waals surface area contributed by atoms with Gasteiger partial charge >= 0.3 is 5.97 Å². The largest absolute Gasteiger partial charge is 0.479 e. The van der Waals surface area contributed by atoms with Crippen LogP contribution in [0.2, 0.25) is 0 Å². The maximum atomic E-state index is 14.0. The number of amides is 1. The van der Waals surface area contributed by atoms with E-state index in [0.29, 0.717) is 5.58 Å². The summed E-state index contributed by atoms with van der Waals surface area (Å²) in [6, 6.07) is 7.15. The van der Waals surface area contributed by atoms with Crippen LogP contribution >= 0.6 is 0 Å². The lowest BCUT2D eigenvalue weighted by Gasteiger charge is -2.16. The number of nitrogens with zero attached hydrogens (tertiary/aromatic N) is 1. The van der Waals surface area contributed by atoms with E-state index < -0.39 is 24.1 Å². The second kappa shape index (κ2) is 4.58. The molecule has 0 unspecified atom stereocenters. The van der Waals surface area contributed by atoms with Gasteiger partial charge in [-0.15, -0.1) is 0 Å². The molecule has 1 N–H and O–H groups in total. The third kappa shape index (κ3) is 2.16. The summed E-state index contributed by atoms with van der Waals surface area (Å²) in [6.45, 7) is 1.49. The molecule has 1 aliphatic rings. The fourth-order valence-electron chi connectivity index (χ4n) is 2.59. The number of fused-ring (bicyclic) bond motifs is 1. The Morgan fingerprint density at radius 1 is 1.43 bits per heavy atom. The van der Waals surface area contributed by atoms with E-state index in [2.05, 4.69) is 0 Å². The van der Waals surface area contributed by atoms with Gasteiger partial charge in [-0.05, 0) is 18.6 Å². The van der Waals surface area contributed by atoms with Crippen LogP contribution < -0.4 is 0 Å². The van der Waals surface area contributed by atoms with Gasteiger partial charge in [0, 0.05) is 18.4 Å². The smallest absolute Gasteiger partial charge is 0.343 e. The molecule has 0 aliphatic carbocycles. The normalized spacial score (nSPS) is 21.9. The lowest BCUT2D eigenvalue weighted by atomic mass is 10.1. The first-order chi connectivity index (χ1) is 9.90. The Hall–Kier alpha value is -2.37. The van der Waals surface area contributed by atoms with Crippen LogP contribution in [0.4, 0.5) is 4.39 Å². The van der Waals surface area contributed by atoms with Gasteiger partial charge in [0.15, 0.2) is 5.76 Å². The molecule has 5 nitrogen and oxygen atoms in total. The number of aryl methyl sites for hydroxylation is 1. The molecule has 6 heteroatoms. The van der Waals surface area contributed by atoms with Gasteiger partial charge in [-0.2, -0.15) is 0 Å². The molecule has 1 aromatic carbocycles. The summed E-state index contributed by atoms with van der Waals surface area (Å²) in [7, 11) is 0. The molecular formula is C15H14FNO4. The second-order valence-corrected chi connectivity index (χ2v) is 5.35. The van der Waals surface area contributed by atoms with Crippen LogP contribution in [-0.2, 0) is 4.79 Å². The summed E-state index contributed by atoms with van der Waals surface area (Å²) in [5, 5.41) is 9.65. The van der Waals surface area contributed by atoms with Crippen LogP contribution in [0.1, 0.15) is 22.5 Å². The van der Waals surface area contributed by atoms with E-state index >= 15 is 0 Å². The Balaban J connectivity index is 1.88. The van der Waals surface area contributed by atoms with Gasteiger partial charge in [0.2, 0.25) is 5.67 Å². The summed E-state index contributed by atoms with van der Waals surface area (Å²) in [6.07, 6.45) is -0.201. The average molecular weight is 291 g/mol. The number of halogens is 1. The van der Waals surface area contributed by atoms with E-state index in [1.165, 1.54) is 4.90 Å². The molecule has 0 radical (unpaired) electrons. The maximum absolute atomic E-state index is 14.0. The molecule has 2 aromatic rings. The first kappa shape index (κ1) is 13.6. The number of alkyl halides is 1. The van der Waals surface area contributed by atoms with Gasteiger partial charge in [-0.25, -0.2) is 9.18 Å². The highest BCUT2D eigenvalue weighted by Crippen LogP contribution is 2.29. The number of aliphatic carboxylic acids is 1. The number of hydrogen-bond donors (Lipinski definition) is 1. The highest BCUT2D eigenvalue weighted by molar-refractivity contribution is 5.97. The average Bonchev–Trinajstić information content (AvgIpc) is 3.03. The van der Waals surface area contributed by atoms with E-state index in [9.17, 15) is 14.0 Å². The van der Waals surface area contributed by atoms with Gasteiger partial charge in [-0.1, -0.05) is 18.2 Å². The second-order valence-electron chi connectivity index (χ2n) is 5.35. The number of carboxylic acid groups (broad SMARTS) is 1. The number of likely N-dealkylation sites (tertiary alicyclic amines) is 1. The minimum absolute atomic E-state index is 0.0671. The Bertz CT molecular complexity index is 738. The number of furan rings is 1. The van der Waals surface area contributed by atoms with Crippen LogP contribution in [0.15, 0.2) is 28.7 Å². The Labute approximate surface area is 119 Å². The summed E-state index contributed by atoms with van der Waals surface area (Å²) < 4.78 is 19.5. The fourth-order valence-corrected chi connectivity index (χ4v) is 2.59. The molecule has 0 bridgehead atoms. The zero-order valence-corrected chi connectivity index (χ0v) is 11.4. The molecule has 1 amide bonds. The molecule has 0 spiro atoms.